The van der Waals surface area contributed by atoms with Crippen molar-refractivity contribution >= 4 is 26.4 Å². The molecule has 0 heterocycles. The molecule has 1 rings (SSSR count). The third kappa shape index (κ3) is 2.18. The quantitative estimate of drug-likeness (QED) is 0.476. The minimum Gasteiger partial charge on any atom is -0.508 e. The van der Waals surface area contributed by atoms with Gasteiger partial charge in [-0.2, -0.15) is 0 Å². The molecule has 2 nitrogen and oxygen atoms in total. The summed E-state index contributed by atoms with van der Waals surface area (Å²) in [6.07, 6.45) is 0. The van der Waals surface area contributed by atoms with Crippen molar-refractivity contribution in [2.24, 2.45) is 0 Å². The van der Waals surface area contributed by atoms with Gasteiger partial charge >= 0.3 is 0 Å². The van der Waals surface area contributed by atoms with E-state index < -0.39 is 0 Å². The molecular formula is C10H14AlNO. The van der Waals surface area contributed by atoms with E-state index >= 15 is 0 Å². The molecule has 0 aliphatic carbocycles. The zero-order valence-corrected chi connectivity index (χ0v) is 9.41. The molecule has 0 unspecified atom stereocenters. The van der Waals surface area contributed by atoms with E-state index in [1.807, 2.05) is 6.07 Å². The summed E-state index contributed by atoms with van der Waals surface area (Å²) in [5.41, 5.74) is 7.13. The molecule has 3 heteroatoms. The van der Waals surface area contributed by atoms with Crippen LogP contribution in [0.15, 0.2) is 12.1 Å². The van der Waals surface area contributed by atoms with Gasteiger partial charge in [0.2, 0.25) is 0 Å². The molecule has 1 aromatic rings. The van der Waals surface area contributed by atoms with Gasteiger partial charge in [-0.3, -0.25) is 0 Å². The first-order chi connectivity index (χ1) is 5.82. The first-order valence-corrected chi connectivity index (χ1v) is 4.78. The minimum atomic E-state index is -0.0525. The Bertz CT molecular complexity index is 328. The molecule has 0 spiro atoms. The molecule has 0 saturated heterocycles. The Balaban J connectivity index is 3.32. The monoisotopic (exact) mass is 191 g/mol. The molecular weight excluding hydrogens is 177 g/mol. The van der Waals surface area contributed by atoms with Crippen molar-refractivity contribution < 1.29 is 5.11 Å². The Kier molecular flexibility index (Phi) is 2.61. The second-order valence-electron chi connectivity index (χ2n) is 4.25. The van der Waals surface area contributed by atoms with Gasteiger partial charge in [-0.15, -0.1) is 4.43 Å². The highest BCUT2D eigenvalue weighted by Crippen LogP contribution is 2.30. The summed E-state index contributed by atoms with van der Waals surface area (Å²) in [7, 11) is 0. The summed E-state index contributed by atoms with van der Waals surface area (Å²) in [6.45, 7) is 6.17. The van der Waals surface area contributed by atoms with Crippen LogP contribution in [0.5, 0.6) is 5.75 Å². The third-order valence-electron chi connectivity index (χ3n) is 2.01. The maximum absolute atomic E-state index is 9.66. The van der Waals surface area contributed by atoms with Crippen LogP contribution in [-0.2, 0) is 5.41 Å². The number of aromatic hydroxyl groups is 1. The molecule has 0 fully saturated rings. The number of nitrogens with two attached hydrogens (primary N) is 1. The van der Waals surface area contributed by atoms with Crippen molar-refractivity contribution in [1.82, 2.24) is 0 Å². The fraction of sp³-hybridized carbons (Fsp3) is 0.400. The van der Waals surface area contributed by atoms with Gasteiger partial charge in [0.25, 0.3) is 0 Å². The number of phenols is 1. The van der Waals surface area contributed by atoms with Gasteiger partial charge in [-0.25, -0.2) is 0 Å². The van der Waals surface area contributed by atoms with E-state index in [9.17, 15) is 5.11 Å². The van der Waals surface area contributed by atoms with Crippen LogP contribution in [0.4, 0.5) is 5.69 Å². The molecule has 68 valence electrons. The average molecular weight is 191 g/mol. The van der Waals surface area contributed by atoms with Crippen molar-refractivity contribution in [3.8, 4) is 5.75 Å². The summed E-state index contributed by atoms with van der Waals surface area (Å²) >= 11 is 2.57. The number of hydrogen-bond acceptors (Lipinski definition) is 2. The molecule has 0 bridgehead atoms. The topological polar surface area (TPSA) is 46.2 Å². The number of hydrogen-bond donors (Lipinski definition) is 2. The van der Waals surface area contributed by atoms with Gasteiger partial charge < -0.3 is 10.8 Å². The van der Waals surface area contributed by atoms with Crippen molar-refractivity contribution in [3.05, 3.63) is 17.7 Å². The van der Waals surface area contributed by atoms with Crippen LogP contribution >= 0.6 is 0 Å². The zero-order valence-electron chi connectivity index (χ0n) is 8.26. The lowest BCUT2D eigenvalue weighted by molar-refractivity contribution is 0.447. The Morgan fingerprint density at radius 1 is 1.31 bits per heavy atom. The predicted octanol–water partition coefficient (Wildman–Crippen LogP) is 1.07. The van der Waals surface area contributed by atoms with Crippen LogP contribution in [0.2, 0.25) is 0 Å². The first kappa shape index (κ1) is 10.4. The van der Waals surface area contributed by atoms with Crippen LogP contribution in [-0.4, -0.2) is 21.4 Å². The van der Waals surface area contributed by atoms with Gasteiger partial charge in [-0.05, 0) is 11.0 Å². The van der Waals surface area contributed by atoms with Crippen LogP contribution in [0.3, 0.4) is 0 Å². The number of anilines is 1. The number of phenolic OH excluding ortho intramolecular Hbond substituents is 1. The molecule has 0 aliphatic heterocycles. The Morgan fingerprint density at radius 2 is 1.85 bits per heavy atom. The molecule has 13 heavy (non-hydrogen) atoms. The molecule has 3 N–H and O–H groups in total. The second-order valence-corrected chi connectivity index (χ2v) is 4.87. The van der Waals surface area contributed by atoms with E-state index in [2.05, 4.69) is 37.1 Å². The molecule has 0 aromatic heterocycles. The van der Waals surface area contributed by atoms with Crippen molar-refractivity contribution in [1.29, 1.82) is 0 Å². The fourth-order valence-corrected chi connectivity index (χ4v) is 1.47. The predicted molar refractivity (Wildman–Crippen MR) is 56.6 cm³/mol. The van der Waals surface area contributed by atoms with Gasteiger partial charge in [0.1, 0.15) is 5.75 Å². The Morgan fingerprint density at radius 3 is 2.31 bits per heavy atom. The Hall–Kier alpha value is -0.648. The van der Waals surface area contributed by atoms with Gasteiger partial charge in [0.15, 0.2) is 16.3 Å². The molecule has 0 aliphatic rings. The SMILES string of the molecule is CC(C)(C)c1c[c]([Al])c(N)cc1O. The Labute approximate surface area is 87.2 Å². The van der Waals surface area contributed by atoms with Crippen LogP contribution in [0, 0.1) is 0 Å². The normalized spacial score (nSPS) is 11.6. The molecule has 0 atom stereocenters. The van der Waals surface area contributed by atoms with Gasteiger partial charge in [0.05, 0.1) is 0 Å². The lowest BCUT2D eigenvalue weighted by Crippen LogP contribution is -2.17. The summed E-state index contributed by atoms with van der Waals surface area (Å²) in [6, 6.07) is 3.51. The van der Waals surface area contributed by atoms with Crippen molar-refractivity contribution in [3.63, 3.8) is 0 Å². The highest BCUT2D eigenvalue weighted by molar-refractivity contribution is 6.35. The van der Waals surface area contributed by atoms with Gasteiger partial charge in [0, 0.05) is 11.8 Å². The summed E-state index contributed by atoms with van der Waals surface area (Å²) in [4.78, 5) is 0. The van der Waals surface area contributed by atoms with Crippen LogP contribution < -0.4 is 10.2 Å². The molecule has 1 aromatic carbocycles. The summed E-state index contributed by atoms with van der Waals surface area (Å²) in [5, 5.41) is 9.66. The van der Waals surface area contributed by atoms with E-state index in [0.29, 0.717) is 5.69 Å². The van der Waals surface area contributed by atoms with Crippen molar-refractivity contribution in [2.45, 2.75) is 26.2 Å². The minimum absolute atomic E-state index is 0.0525. The molecule has 2 radical (unpaired) electrons. The maximum atomic E-state index is 9.66. The van der Waals surface area contributed by atoms with E-state index in [0.717, 1.165) is 9.99 Å². The second kappa shape index (κ2) is 3.25. The van der Waals surface area contributed by atoms with E-state index in [1.165, 1.54) is 0 Å². The summed E-state index contributed by atoms with van der Waals surface area (Å²) < 4.78 is 0.933. The zero-order chi connectivity index (χ0) is 10.2. The number of benzene rings is 1. The lowest BCUT2D eigenvalue weighted by atomic mass is 9.86. The highest BCUT2D eigenvalue weighted by Gasteiger charge is 2.18. The standard InChI is InChI=1S/C10H14NO.Al/c1-10(2,3)8-5-4-7(11)6-9(8)12;/h5-6,12H,11H2,1-3H3;. The third-order valence-corrected chi connectivity index (χ3v) is 2.51. The largest absolute Gasteiger partial charge is 0.508 e. The maximum Gasteiger partial charge on any atom is 0.179 e. The first-order valence-electron chi connectivity index (χ1n) is 4.21. The smallest absolute Gasteiger partial charge is 0.179 e. The van der Waals surface area contributed by atoms with Crippen molar-refractivity contribution in [2.75, 3.05) is 5.73 Å². The fourth-order valence-electron chi connectivity index (χ4n) is 1.22. The van der Waals surface area contributed by atoms with E-state index in [-0.39, 0.29) is 11.2 Å². The van der Waals surface area contributed by atoms with E-state index in [1.54, 1.807) is 6.07 Å². The lowest BCUT2D eigenvalue weighted by Gasteiger charge is -2.21. The number of rotatable bonds is 0. The average Bonchev–Trinajstić information content (AvgIpc) is 1.94. The molecule has 0 amide bonds. The van der Waals surface area contributed by atoms with Crippen LogP contribution in [0.1, 0.15) is 26.3 Å². The van der Waals surface area contributed by atoms with Crippen LogP contribution in [0.25, 0.3) is 0 Å². The summed E-state index contributed by atoms with van der Waals surface area (Å²) in [5.74, 6) is 0.274. The van der Waals surface area contributed by atoms with Gasteiger partial charge in [-0.1, -0.05) is 26.8 Å². The molecule has 0 saturated carbocycles. The highest BCUT2D eigenvalue weighted by atomic mass is 27.0. The van der Waals surface area contributed by atoms with E-state index in [4.69, 9.17) is 5.73 Å². The number of nitrogen functional groups attached to an aromatic ring is 1.